The first-order valence-corrected chi connectivity index (χ1v) is 9.03. The van der Waals surface area contributed by atoms with E-state index in [4.69, 9.17) is 9.47 Å². The SMILES string of the molecule is CCNC(=NCCCn1cccn1)NCCCOCC1CCOC1. The molecular weight excluding hydrogens is 306 g/mol. The van der Waals surface area contributed by atoms with Crippen LogP contribution in [0.25, 0.3) is 0 Å². The summed E-state index contributed by atoms with van der Waals surface area (Å²) >= 11 is 0. The van der Waals surface area contributed by atoms with E-state index in [1.807, 2.05) is 16.9 Å². The molecule has 1 fully saturated rings. The highest BCUT2D eigenvalue weighted by Gasteiger charge is 2.15. The van der Waals surface area contributed by atoms with Crippen molar-refractivity contribution in [3.8, 4) is 0 Å². The van der Waals surface area contributed by atoms with Crippen molar-refractivity contribution in [3.63, 3.8) is 0 Å². The number of nitrogens with one attached hydrogen (secondary N) is 2. The van der Waals surface area contributed by atoms with Crippen molar-refractivity contribution < 1.29 is 9.47 Å². The first kappa shape index (κ1) is 18.7. The van der Waals surface area contributed by atoms with Crippen LogP contribution < -0.4 is 10.6 Å². The van der Waals surface area contributed by atoms with Crippen LogP contribution in [-0.4, -0.2) is 61.8 Å². The molecule has 0 aliphatic carbocycles. The van der Waals surface area contributed by atoms with Gasteiger partial charge in [-0.1, -0.05) is 0 Å². The van der Waals surface area contributed by atoms with Gasteiger partial charge in [0.1, 0.15) is 0 Å². The fraction of sp³-hybridized carbons (Fsp3) is 0.765. The van der Waals surface area contributed by atoms with Crippen LogP contribution in [0.3, 0.4) is 0 Å². The van der Waals surface area contributed by atoms with Crippen molar-refractivity contribution in [1.29, 1.82) is 0 Å². The molecule has 24 heavy (non-hydrogen) atoms. The standard InChI is InChI=1S/C17H31N5O2/c1-2-18-17(19-7-3-10-22-11-4-9-21-22)20-8-5-12-23-14-16-6-13-24-15-16/h4,9,11,16H,2-3,5-8,10,12-15H2,1H3,(H2,18,19,20). The molecular formula is C17H31N5O2. The van der Waals surface area contributed by atoms with Gasteiger partial charge >= 0.3 is 0 Å². The Morgan fingerprint density at radius 1 is 1.42 bits per heavy atom. The number of hydrogen-bond donors (Lipinski definition) is 2. The van der Waals surface area contributed by atoms with Crippen LogP contribution >= 0.6 is 0 Å². The largest absolute Gasteiger partial charge is 0.381 e. The van der Waals surface area contributed by atoms with Crippen molar-refractivity contribution in [2.45, 2.75) is 32.7 Å². The Labute approximate surface area is 144 Å². The summed E-state index contributed by atoms with van der Waals surface area (Å²) in [7, 11) is 0. The molecule has 136 valence electrons. The maximum Gasteiger partial charge on any atom is 0.191 e. The molecule has 1 unspecified atom stereocenters. The topological polar surface area (TPSA) is 72.7 Å². The van der Waals surface area contributed by atoms with Gasteiger partial charge in [-0.05, 0) is 32.3 Å². The van der Waals surface area contributed by atoms with Gasteiger partial charge in [0.05, 0.1) is 13.2 Å². The Morgan fingerprint density at radius 3 is 3.12 bits per heavy atom. The van der Waals surface area contributed by atoms with Crippen molar-refractivity contribution in [2.75, 3.05) is 46.1 Å². The molecule has 0 aromatic carbocycles. The normalized spacial score (nSPS) is 18.0. The number of hydrogen-bond acceptors (Lipinski definition) is 4. The number of aromatic nitrogens is 2. The summed E-state index contributed by atoms with van der Waals surface area (Å²) in [6, 6.07) is 1.94. The van der Waals surface area contributed by atoms with Gasteiger partial charge in [-0.2, -0.15) is 5.10 Å². The summed E-state index contributed by atoms with van der Waals surface area (Å²) in [4.78, 5) is 4.59. The van der Waals surface area contributed by atoms with E-state index in [9.17, 15) is 0 Å². The van der Waals surface area contributed by atoms with Gasteiger partial charge in [-0.3, -0.25) is 9.67 Å². The van der Waals surface area contributed by atoms with Crippen molar-refractivity contribution >= 4 is 5.96 Å². The van der Waals surface area contributed by atoms with Crippen molar-refractivity contribution in [1.82, 2.24) is 20.4 Å². The molecule has 1 aliphatic heterocycles. The van der Waals surface area contributed by atoms with E-state index in [0.29, 0.717) is 5.92 Å². The van der Waals surface area contributed by atoms with Gasteiger partial charge < -0.3 is 20.1 Å². The fourth-order valence-electron chi connectivity index (χ4n) is 2.54. The molecule has 2 rings (SSSR count). The molecule has 1 saturated heterocycles. The van der Waals surface area contributed by atoms with E-state index in [-0.39, 0.29) is 0 Å². The first-order chi connectivity index (χ1) is 11.9. The van der Waals surface area contributed by atoms with Crippen LogP contribution in [0.2, 0.25) is 0 Å². The molecule has 1 aromatic rings. The highest BCUT2D eigenvalue weighted by molar-refractivity contribution is 5.79. The second kappa shape index (κ2) is 11.9. The number of ether oxygens (including phenoxy) is 2. The zero-order valence-corrected chi connectivity index (χ0v) is 14.7. The second-order valence-corrected chi connectivity index (χ2v) is 5.97. The Kier molecular flexibility index (Phi) is 9.26. The summed E-state index contributed by atoms with van der Waals surface area (Å²) in [5.41, 5.74) is 0. The Bertz CT molecular complexity index is 444. The molecule has 0 spiro atoms. The monoisotopic (exact) mass is 337 g/mol. The van der Waals surface area contributed by atoms with Gasteiger partial charge in [-0.25, -0.2) is 0 Å². The lowest BCUT2D eigenvalue weighted by Crippen LogP contribution is -2.38. The molecule has 0 amide bonds. The van der Waals surface area contributed by atoms with Crippen LogP contribution in [0.5, 0.6) is 0 Å². The molecule has 1 atom stereocenters. The summed E-state index contributed by atoms with van der Waals surface area (Å²) in [5, 5.41) is 10.8. The quantitative estimate of drug-likeness (QED) is 0.361. The van der Waals surface area contributed by atoms with E-state index in [1.54, 1.807) is 6.20 Å². The highest BCUT2D eigenvalue weighted by Crippen LogP contribution is 2.12. The smallest absolute Gasteiger partial charge is 0.191 e. The van der Waals surface area contributed by atoms with Crippen LogP contribution in [0.15, 0.2) is 23.5 Å². The molecule has 7 nitrogen and oxygen atoms in total. The second-order valence-electron chi connectivity index (χ2n) is 5.97. The van der Waals surface area contributed by atoms with E-state index < -0.39 is 0 Å². The lowest BCUT2D eigenvalue weighted by atomic mass is 10.1. The van der Waals surface area contributed by atoms with Crippen molar-refractivity contribution in [2.24, 2.45) is 10.9 Å². The van der Waals surface area contributed by atoms with Crippen LogP contribution in [-0.2, 0) is 16.0 Å². The Morgan fingerprint density at radius 2 is 2.38 bits per heavy atom. The van der Waals surface area contributed by atoms with E-state index in [0.717, 1.165) is 77.8 Å². The number of aryl methyl sites for hydroxylation is 1. The number of nitrogens with zero attached hydrogens (tertiary/aromatic N) is 3. The van der Waals surface area contributed by atoms with Gasteiger partial charge in [0, 0.05) is 57.7 Å². The van der Waals surface area contributed by atoms with Crippen LogP contribution in [0.4, 0.5) is 0 Å². The van der Waals surface area contributed by atoms with Crippen molar-refractivity contribution in [3.05, 3.63) is 18.5 Å². The lowest BCUT2D eigenvalue weighted by molar-refractivity contribution is 0.0888. The molecule has 0 bridgehead atoms. The van der Waals surface area contributed by atoms with E-state index in [2.05, 4.69) is 27.6 Å². The number of guanidine groups is 1. The van der Waals surface area contributed by atoms with E-state index in [1.165, 1.54) is 0 Å². The van der Waals surface area contributed by atoms with E-state index >= 15 is 0 Å². The maximum absolute atomic E-state index is 5.71. The molecule has 2 N–H and O–H groups in total. The molecule has 0 radical (unpaired) electrons. The summed E-state index contributed by atoms with van der Waals surface area (Å²) in [6.07, 6.45) is 6.87. The third kappa shape index (κ3) is 7.79. The molecule has 2 heterocycles. The molecule has 0 saturated carbocycles. The number of rotatable bonds is 11. The fourth-order valence-corrected chi connectivity index (χ4v) is 2.54. The number of aliphatic imine (C=N–C) groups is 1. The van der Waals surface area contributed by atoms with Gasteiger partial charge in [0.15, 0.2) is 5.96 Å². The minimum atomic E-state index is 0.589. The summed E-state index contributed by atoms with van der Waals surface area (Å²) < 4.78 is 13.0. The zero-order valence-electron chi connectivity index (χ0n) is 14.7. The van der Waals surface area contributed by atoms with Gasteiger partial charge in [0.2, 0.25) is 0 Å². The summed E-state index contributed by atoms with van der Waals surface area (Å²) in [6.45, 7) is 8.83. The molecule has 7 heteroatoms. The average Bonchev–Trinajstić information content (AvgIpc) is 3.28. The highest BCUT2D eigenvalue weighted by atomic mass is 16.5. The molecule has 1 aliphatic rings. The van der Waals surface area contributed by atoms with Crippen LogP contribution in [0.1, 0.15) is 26.2 Å². The summed E-state index contributed by atoms with van der Waals surface area (Å²) in [5.74, 6) is 1.47. The molecule has 1 aromatic heterocycles. The van der Waals surface area contributed by atoms with Crippen LogP contribution in [0, 0.1) is 5.92 Å². The predicted molar refractivity (Wildman–Crippen MR) is 95.2 cm³/mol. The zero-order chi connectivity index (χ0) is 16.9. The van der Waals surface area contributed by atoms with Gasteiger partial charge in [0.25, 0.3) is 0 Å². The van der Waals surface area contributed by atoms with Gasteiger partial charge in [-0.15, -0.1) is 0 Å². The predicted octanol–water partition coefficient (Wildman–Crippen LogP) is 1.27. The Balaban J connectivity index is 1.51. The third-order valence-electron chi connectivity index (χ3n) is 3.85. The first-order valence-electron chi connectivity index (χ1n) is 9.03. The minimum Gasteiger partial charge on any atom is -0.381 e. The average molecular weight is 337 g/mol. The third-order valence-corrected chi connectivity index (χ3v) is 3.85. The minimum absolute atomic E-state index is 0.589. The lowest BCUT2D eigenvalue weighted by Gasteiger charge is -2.12. The maximum atomic E-state index is 5.71. The Hall–Kier alpha value is -1.60.